The Labute approximate surface area is 214 Å². The maximum absolute atomic E-state index is 13.7. The van der Waals surface area contributed by atoms with Crippen LogP contribution in [0.25, 0.3) is 0 Å². The fourth-order valence-corrected chi connectivity index (χ4v) is 4.38. The van der Waals surface area contributed by atoms with Crippen LogP contribution in [0, 0.1) is 6.92 Å². The Balaban J connectivity index is 1.89. The van der Waals surface area contributed by atoms with E-state index < -0.39 is 6.04 Å². The first-order valence-electron chi connectivity index (χ1n) is 12.4. The first kappa shape index (κ1) is 26.5. The zero-order chi connectivity index (χ0) is 25.0. The monoisotopic (exact) mass is 490 g/mol. The van der Waals surface area contributed by atoms with Crippen LogP contribution in [0.4, 0.5) is 0 Å². The molecule has 0 aliphatic carbocycles. The lowest BCUT2D eigenvalue weighted by atomic mass is 10.0. The predicted molar refractivity (Wildman–Crippen MR) is 143 cm³/mol. The Morgan fingerprint density at radius 2 is 1.66 bits per heavy atom. The molecule has 3 aromatic carbocycles. The molecule has 3 rings (SSSR count). The summed E-state index contributed by atoms with van der Waals surface area (Å²) in [5, 5.41) is 3.72. The number of rotatable bonds is 12. The van der Waals surface area contributed by atoms with Crippen LogP contribution in [0.1, 0.15) is 48.4 Å². The topological polar surface area (TPSA) is 49.4 Å². The van der Waals surface area contributed by atoms with Crippen molar-refractivity contribution in [2.75, 3.05) is 6.54 Å². The number of aryl methyl sites for hydroxylation is 2. The minimum Gasteiger partial charge on any atom is -0.354 e. The lowest BCUT2D eigenvalue weighted by Crippen LogP contribution is -2.50. The molecule has 0 aliphatic rings. The van der Waals surface area contributed by atoms with Crippen molar-refractivity contribution in [2.24, 2.45) is 0 Å². The molecule has 5 heteroatoms. The number of halogens is 1. The molecule has 0 saturated heterocycles. The van der Waals surface area contributed by atoms with Gasteiger partial charge in [-0.1, -0.05) is 103 Å². The molecule has 3 aromatic rings. The number of unbranched alkanes of at least 4 members (excludes halogenated alkanes) is 1. The first-order valence-corrected chi connectivity index (χ1v) is 12.8. The van der Waals surface area contributed by atoms with Gasteiger partial charge in [-0.3, -0.25) is 9.59 Å². The number of carbonyl (C=O) groups is 2. The van der Waals surface area contributed by atoms with Crippen LogP contribution in [-0.2, 0) is 29.0 Å². The maximum atomic E-state index is 13.7. The largest absolute Gasteiger partial charge is 0.354 e. The quantitative estimate of drug-likeness (QED) is 0.310. The third kappa shape index (κ3) is 8.25. The lowest BCUT2D eigenvalue weighted by molar-refractivity contribution is -0.141. The Bertz CT molecular complexity index is 1100. The smallest absolute Gasteiger partial charge is 0.243 e. The van der Waals surface area contributed by atoms with Crippen molar-refractivity contribution in [2.45, 2.75) is 58.5 Å². The summed E-state index contributed by atoms with van der Waals surface area (Å²) in [7, 11) is 0. The molecule has 1 atom stereocenters. The number of nitrogens with zero attached hydrogens (tertiary/aromatic N) is 1. The van der Waals surface area contributed by atoms with Crippen LogP contribution in [0.2, 0.25) is 5.02 Å². The summed E-state index contributed by atoms with van der Waals surface area (Å²) in [5.74, 6) is -0.168. The Kier molecular flexibility index (Phi) is 10.4. The average Bonchev–Trinajstić information content (AvgIpc) is 2.86. The van der Waals surface area contributed by atoms with Crippen LogP contribution in [0.5, 0.6) is 0 Å². The minimum atomic E-state index is -0.603. The molecule has 0 saturated carbocycles. The van der Waals surface area contributed by atoms with Crippen LogP contribution in [0.15, 0.2) is 78.9 Å². The Morgan fingerprint density at radius 1 is 0.943 bits per heavy atom. The van der Waals surface area contributed by atoms with Gasteiger partial charge in [0.2, 0.25) is 11.8 Å². The van der Waals surface area contributed by atoms with Gasteiger partial charge in [-0.05, 0) is 42.5 Å². The molecule has 4 nitrogen and oxygen atoms in total. The Morgan fingerprint density at radius 3 is 2.37 bits per heavy atom. The SMILES string of the molecule is CCCCNC(=O)C(Cc1ccccc1)N(Cc1cccc(C)c1)C(=O)CCc1ccccc1Cl. The molecule has 0 bridgehead atoms. The maximum Gasteiger partial charge on any atom is 0.243 e. The van der Waals surface area contributed by atoms with Crippen molar-refractivity contribution in [3.05, 3.63) is 106 Å². The van der Waals surface area contributed by atoms with Crippen molar-refractivity contribution in [3.63, 3.8) is 0 Å². The van der Waals surface area contributed by atoms with Gasteiger partial charge < -0.3 is 10.2 Å². The van der Waals surface area contributed by atoms with E-state index in [9.17, 15) is 9.59 Å². The van der Waals surface area contributed by atoms with Gasteiger partial charge in [0, 0.05) is 31.0 Å². The fraction of sp³-hybridized carbons (Fsp3) is 0.333. The van der Waals surface area contributed by atoms with Crippen LogP contribution in [0.3, 0.4) is 0 Å². The third-order valence-electron chi connectivity index (χ3n) is 6.10. The molecular weight excluding hydrogens is 456 g/mol. The summed E-state index contributed by atoms with van der Waals surface area (Å²) in [6.07, 6.45) is 3.17. The number of carbonyl (C=O) groups excluding carboxylic acids is 2. The van der Waals surface area contributed by atoms with E-state index in [-0.39, 0.29) is 18.2 Å². The van der Waals surface area contributed by atoms with Crippen molar-refractivity contribution < 1.29 is 9.59 Å². The number of hydrogen-bond acceptors (Lipinski definition) is 2. The lowest BCUT2D eigenvalue weighted by Gasteiger charge is -2.32. The molecular formula is C30H35ClN2O2. The molecule has 0 heterocycles. The summed E-state index contributed by atoms with van der Waals surface area (Å²) in [4.78, 5) is 28.9. The molecule has 0 radical (unpaired) electrons. The van der Waals surface area contributed by atoms with Crippen LogP contribution < -0.4 is 5.32 Å². The second-order valence-electron chi connectivity index (χ2n) is 8.95. The molecule has 2 amide bonds. The van der Waals surface area contributed by atoms with E-state index in [4.69, 9.17) is 11.6 Å². The summed E-state index contributed by atoms with van der Waals surface area (Å²) >= 11 is 6.34. The highest BCUT2D eigenvalue weighted by atomic mass is 35.5. The van der Waals surface area contributed by atoms with E-state index in [1.807, 2.05) is 79.7 Å². The zero-order valence-electron chi connectivity index (χ0n) is 20.7. The first-order chi connectivity index (χ1) is 17.0. The van der Waals surface area contributed by atoms with E-state index >= 15 is 0 Å². The van der Waals surface area contributed by atoms with Gasteiger partial charge in [0.1, 0.15) is 6.04 Å². The second kappa shape index (κ2) is 13.7. The highest BCUT2D eigenvalue weighted by Gasteiger charge is 2.30. The van der Waals surface area contributed by atoms with Gasteiger partial charge in [-0.2, -0.15) is 0 Å². The second-order valence-corrected chi connectivity index (χ2v) is 9.36. The van der Waals surface area contributed by atoms with Crippen molar-refractivity contribution >= 4 is 23.4 Å². The van der Waals surface area contributed by atoms with Gasteiger partial charge in [0.15, 0.2) is 0 Å². The van der Waals surface area contributed by atoms with E-state index in [0.29, 0.717) is 31.0 Å². The molecule has 1 unspecified atom stereocenters. The molecule has 0 fully saturated rings. The third-order valence-corrected chi connectivity index (χ3v) is 6.47. The predicted octanol–water partition coefficient (Wildman–Crippen LogP) is 6.14. The average molecular weight is 491 g/mol. The molecule has 0 aliphatic heterocycles. The van der Waals surface area contributed by atoms with Crippen molar-refractivity contribution in [1.29, 1.82) is 0 Å². The normalized spacial score (nSPS) is 11.6. The van der Waals surface area contributed by atoms with Gasteiger partial charge in [0.05, 0.1) is 0 Å². The van der Waals surface area contributed by atoms with Crippen LogP contribution >= 0.6 is 11.6 Å². The van der Waals surface area contributed by atoms with Gasteiger partial charge >= 0.3 is 0 Å². The standard InChI is InChI=1S/C30H35ClN2O2/c1-3-4-19-32-30(35)28(21-24-12-6-5-7-13-24)33(22-25-14-10-11-23(2)20-25)29(34)18-17-26-15-8-9-16-27(26)31/h5-16,20,28H,3-4,17-19,21-22H2,1-2H3,(H,32,35). The van der Waals surface area contributed by atoms with E-state index in [0.717, 1.165) is 35.1 Å². The van der Waals surface area contributed by atoms with Crippen molar-refractivity contribution in [3.8, 4) is 0 Å². The summed E-state index contributed by atoms with van der Waals surface area (Å²) < 4.78 is 0. The molecule has 35 heavy (non-hydrogen) atoms. The van der Waals surface area contributed by atoms with Gasteiger partial charge in [-0.25, -0.2) is 0 Å². The van der Waals surface area contributed by atoms with E-state index in [1.165, 1.54) is 0 Å². The molecule has 0 spiro atoms. The molecule has 184 valence electrons. The summed E-state index contributed by atoms with van der Waals surface area (Å²) in [6, 6.07) is 25.0. The summed E-state index contributed by atoms with van der Waals surface area (Å²) in [5.41, 5.74) is 4.09. The van der Waals surface area contributed by atoms with Gasteiger partial charge in [0.25, 0.3) is 0 Å². The van der Waals surface area contributed by atoms with Crippen LogP contribution in [-0.4, -0.2) is 29.3 Å². The number of nitrogens with one attached hydrogen (secondary N) is 1. The number of amides is 2. The van der Waals surface area contributed by atoms with Gasteiger partial charge in [-0.15, -0.1) is 0 Å². The van der Waals surface area contributed by atoms with E-state index in [1.54, 1.807) is 4.90 Å². The Hall–Kier alpha value is -3.11. The van der Waals surface area contributed by atoms with Crippen molar-refractivity contribution in [1.82, 2.24) is 10.2 Å². The minimum absolute atomic E-state index is 0.0574. The number of hydrogen-bond donors (Lipinski definition) is 1. The highest BCUT2D eigenvalue weighted by Crippen LogP contribution is 2.20. The zero-order valence-corrected chi connectivity index (χ0v) is 21.4. The fourth-order valence-electron chi connectivity index (χ4n) is 4.15. The number of benzene rings is 3. The molecule has 0 aromatic heterocycles. The summed E-state index contributed by atoms with van der Waals surface area (Å²) in [6.45, 7) is 5.11. The molecule has 1 N–H and O–H groups in total. The highest BCUT2D eigenvalue weighted by molar-refractivity contribution is 6.31. The van der Waals surface area contributed by atoms with E-state index in [2.05, 4.69) is 18.3 Å².